The van der Waals surface area contributed by atoms with E-state index in [0.29, 0.717) is 18.0 Å². The van der Waals surface area contributed by atoms with E-state index in [-0.39, 0.29) is 11.3 Å². The minimum Gasteiger partial charge on any atom is -0.505 e. The van der Waals surface area contributed by atoms with Crippen LogP contribution in [0.25, 0.3) is 6.08 Å². The molecule has 2 aromatic carbocycles. The van der Waals surface area contributed by atoms with Crippen LogP contribution in [-0.2, 0) is 16.1 Å². The highest BCUT2D eigenvalue weighted by Crippen LogP contribution is 2.26. The molecule has 2 aromatic rings. The average Bonchev–Trinajstić information content (AvgIpc) is 2.94. The van der Waals surface area contributed by atoms with Gasteiger partial charge in [0.25, 0.3) is 0 Å². The van der Waals surface area contributed by atoms with Crippen molar-refractivity contribution in [3.63, 3.8) is 0 Å². The van der Waals surface area contributed by atoms with Crippen molar-refractivity contribution in [2.24, 2.45) is 4.99 Å². The number of aliphatic imine (C=N–C) groups is 1. The van der Waals surface area contributed by atoms with Gasteiger partial charge in [0.15, 0.2) is 5.76 Å². The van der Waals surface area contributed by atoms with Crippen LogP contribution in [0.4, 0.5) is 0 Å². The largest absolute Gasteiger partial charge is 0.505 e. The van der Waals surface area contributed by atoms with Gasteiger partial charge in [-0.25, -0.2) is 9.79 Å². The first kappa shape index (κ1) is 17.5. The average molecular weight is 349 g/mol. The topological polar surface area (TPSA) is 68.1 Å². The van der Waals surface area contributed by atoms with Crippen molar-refractivity contribution in [1.29, 1.82) is 0 Å². The maximum atomic E-state index is 11.7. The SMILES string of the molecule is COC(=O)C1=C(O)C(=Cc2ccc(OCc3ccccc3)cc2)N=C1C. The van der Waals surface area contributed by atoms with Crippen molar-refractivity contribution in [3.05, 3.63) is 82.8 Å². The molecule has 0 fully saturated rings. The molecule has 0 aliphatic carbocycles. The number of hydrogen-bond acceptors (Lipinski definition) is 5. The summed E-state index contributed by atoms with van der Waals surface area (Å²) in [6.45, 7) is 2.15. The molecule has 1 heterocycles. The zero-order valence-electron chi connectivity index (χ0n) is 14.6. The van der Waals surface area contributed by atoms with E-state index in [2.05, 4.69) is 9.73 Å². The van der Waals surface area contributed by atoms with Gasteiger partial charge in [0, 0.05) is 0 Å². The van der Waals surface area contributed by atoms with E-state index in [4.69, 9.17) is 4.74 Å². The second kappa shape index (κ2) is 7.70. The Balaban J connectivity index is 1.72. The number of esters is 1. The standard InChI is InChI=1S/C21H19NO4/c1-14-19(21(24)25-2)20(23)18(22-14)12-15-8-10-17(11-9-15)26-13-16-6-4-3-5-7-16/h3-12,23H,13H2,1-2H3. The van der Waals surface area contributed by atoms with Crippen LogP contribution in [0.2, 0.25) is 0 Å². The van der Waals surface area contributed by atoms with Gasteiger partial charge >= 0.3 is 5.97 Å². The molecule has 5 nitrogen and oxygen atoms in total. The Bertz CT molecular complexity index is 893. The van der Waals surface area contributed by atoms with Crippen LogP contribution < -0.4 is 4.74 Å². The summed E-state index contributed by atoms with van der Waals surface area (Å²) in [6.07, 6.45) is 1.70. The van der Waals surface area contributed by atoms with Gasteiger partial charge in [0.1, 0.15) is 23.6 Å². The van der Waals surface area contributed by atoms with Gasteiger partial charge in [-0.3, -0.25) is 0 Å². The molecule has 1 N–H and O–H groups in total. The summed E-state index contributed by atoms with van der Waals surface area (Å²) < 4.78 is 10.4. The molecule has 0 spiro atoms. The van der Waals surface area contributed by atoms with Crippen molar-refractivity contribution in [2.45, 2.75) is 13.5 Å². The first-order valence-electron chi connectivity index (χ1n) is 8.14. The zero-order chi connectivity index (χ0) is 18.5. The maximum Gasteiger partial charge on any atom is 0.343 e. The first-order chi connectivity index (χ1) is 12.6. The van der Waals surface area contributed by atoms with Gasteiger partial charge in [-0.2, -0.15) is 0 Å². The lowest BCUT2D eigenvalue weighted by atomic mass is 10.1. The van der Waals surface area contributed by atoms with E-state index < -0.39 is 5.97 Å². The van der Waals surface area contributed by atoms with Crippen molar-refractivity contribution in [3.8, 4) is 5.75 Å². The van der Waals surface area contributed by atoms with Crippen LogP contribution in [0, 0.1) is 0 Å². The monoisotopic (exact) mass is 349 g/mol. The molecule has 0 aromatic heterocycles. The molecule has 26 heavy (non-hydrogen) atoms. The molecule has 3 rings (SSSR count). The summed E-state index contributed by atoms with van der Waals surface area (Å²) in [5.74, 6) is -0.0207. The van der Waals surface area contributed by atoms with Crippen LogP contribution in [-0.4, -0.2) is 23.9 Å². The minimum atomic E-state index is -0.600. The molecule has 0 atom stereocenters. The lowest BCUT2D eigenvalue weighted by molar-refractivity contribution is -0.135. The van der Waals surface area contributed by atoms with Gasteiger partial charge in [0.05, 0.1) is 12.8 Å². The highest BCUT2D eigenvalue weighted by Gasteiger charge is 2.27. The van der Waals surface area contributed by atoms with Crippen LogP contribution >= 0.6 is 0 Å². The quantitative estimate of drug-likeness (QED) is 0.827. The molecule has 0 saturated carbocycles. The second-order valence-corrected chi connectivity index (χ2v) is 5.79. The van der Waals surface area contributed by atoms with E-state index >= 15 is 0 Å². The molecule has 0 radical (unpaired) electrons. The Kier molecular flexibility index (Phi) is 5.17. The van der Waals surface area contributed by atoms with E-state index in [9.17, 15) is 9.90 Å². The van der Waals surface area contributed by atoms with E-state index in [1.807, 2.05) is 54.6 Å². The fourth-order valence-electron chi connectivity index (χ4n) is 2.60. The molecule has 5 heteroatoms. The summed E-state index contributed by atoms with van der Waals surface area (Å²) in [4.78, 5) is 15.9. The first-order valence-corrected chi connectivity index (χ1v) is 8.14. The molecule has 132 valence electrons. The third-order valence-electron chi connectivity index (χ3n) is 3.95. The number of carbonyl (C=O) groups is 1. The number of benzene rings is 2. The van der Waals surface area contributed by atoms with E-state index in [1.54, 1.807) is 13.0 Å². The number of methoxy groups -OCH3 is 1. The number of aliphatic hydroxyl groups is 1. The summed E-state index contributed by atoms with van der Waals surface area (Å²) in [7, 11) is 1.27. The summed E-state index contributed by atoms with van der Waals surface area (Å²) in [6, 6.07) is 17.4. The third-order valence-corrected chi connectivity index (χ3v) is 3.95. The smallest absolute Gasteiger partial charge is 0.343 e. The summed E-state index contributed by atoms with van der Waals surface area (Å²) in [5, 5.41) is 10.2. The normalized spacial score (nSPS) is 15.2. The Morgan fingerprint density at radius 1 is 1.12 bits per heavy atom. The Labute approximate surface area is 151 Å². The second-order valence-electron chi connectivity index (χ2n) is 5.79. The van der Waals surface area contributed by atoms with Gasteiger partial charge < -0.3 is 14.6 Å². The predicted octanol–water partition coefficient (Wildman–Crippen LogP) is 4.07. The van der Waals surface area contributed by atoms with Crippen molar-refractivity contribution in [1.82, 2.24) is 0 Å². The van der Waals surface area contributed by atoms with Crippen LogP contribution in [0.1, 0.15) is 18.1 Å². The van der Waals surface area contributed by atoms with Gasteiger partial charge in [-0.15, -0.1) is 0 Å². The molecule has 0 bridgehead atoms. The van der Waals surface area contributed by atoms with E-state index in [1.165, 1.54) is 7.11 Å². The third kappa shape index (κ3) is 3.83. The maximum absolute atomic E-state index is 11.7. The predicted molar refractivity (Wildman–Crippen MR) is 100.0 cm³/mol. The van der Waals surface area contributed by atoms with Crippen molar-refractivity contribution < 1.29 is 19.4 Å². The van der Waals surface area contributed by atoms with Crippen LogP contribution in [0.15, 0.2) is 76.6 Å². The Morgan fingerprint density at radius 3 is 2.46 bits per heavy atom. The Hall–Kier alpha value is -3.34. The highest BCUT2D eigenvalue weighted by molar-refractivity contribution is 6.21. The van der Waals surface area contributed by atoms with Gasteiger partial charge in [0.2, 0.25) is 0 Å². The number of ether oxygens (including phenoxy) is 2. The summed E-state index contributed by atoms with van der Waals surface area (Å²) >= 11 is 0. The summed E-state index contributed by atoms with van der Waals surface area (Å²) in [5.41, 5.74) is 2.80. The van der Waals surface area contributed by atoms with Crippen molar-refractivity contribution in [2.75, 3.05) is 7.11 Å². The molecule has 1 aliphatic rings. The number of rotatable bonds is 5. The van der Waals surface area contributed by atoms with E-state index in [0.717, 1.165) is 16.9 Å². The van der Waals surface area contributed by atoms with Crippen molar-refractivity contribution >= 4 is 17.8 Å². The number of aliphatic hydroxyl groups excluding tert-OH is 1. The fourth-order valence-corrected chi connectivity index (χ4v) is 2.60. The lowest BCUT2D eigenvalue weighted by Gasteiger charge is -2.06. The molecule has 0 saturated heterocycles. The van der Waals surface area contributed by atoms with Crippen LogP contribution in [0.3, 0.4) is 0 Å². The highest BCUT2D eigenvalue weighted by atomic mass is 16.5. The van der Waals surface area contributed by atoms with Gasteiger partial charge in [-0.05, 0) is 36.3 Å². The Morgan fingerprint density at radius 2 is 1.81 bits per heavy atom. The molecular formula is C21H19NO4. The number of nitrogens with zero attached hydrogens (tertiary/aromatic N) is 1. The lowest BCUT2D eigenvalue weighted by Crippen LogP contribution is -2.11. The zero-order valence-corrected chi connectivity index (χ0v) is 14.6. The van der Waals surface area contributed by atoms with Crippen LogP contribution in [0.5, 0.6) is 5.75 Å². The van der Waals surface area contributed by atoms with Gasteiger partial charge in [-0.1, -0.05) is 42.5 Å². The molecule has 0 amide bonds. The fraction of sp³-hybridized carbons (Fsp3) is 0.143. The molecular weight excluding hydrogens is 330 g/mol. The number of carbonyl (C=O) groups excluding carboxylic acids is 1. The molecule has 0 unspecified atom stereocenters. The minimum absolute atomic E-state index is 0.0987. The molecule has 1 aliphatic heterocycles. The number of hydrogen-bond donors (Lipinski definition) is 1.